The van der Waals surface area contributed by atoms with E-state index in [1.165, 1.54) is 31.5 Å². The zero-order valence-electron chi connectivity index (χ0n) is 8.12. The van der Waals surface area contributed by atoms with E-state index >= 15 is 0 Å². The molecule has 3 heteroatoms. The van der Waals surface area contributed by atoms with Crippen molar-refractivity contribution in [1.29, 1.82) is 0 Å². The Hall–Kier alpha value is -0.830. The molecular weight excluding hydrogens is 176 g/mol. The summed E-state index contributed by atoms with van der Waals surface area (Å²) in [6.07, 6.45) is 5.76. The van der Waals surface area contributed by atoms with E-state index < -0.39 is 0 Å². The molecule has 4 rings (SSSR count). The van der Waals surface area contributed by atoms with Gasteiger partial charge in [-0.3, -0.25) is 0 Å². The highest BCUT2D eigenvalue weighted by atomic mass is 16.3. The number of aromatic nitrogens is 1. The molecule has 1 saturated heterocycles. The summed E-state index contributed by atoms with van der Waals surface area (Å²) < 4.78 is 5.55. The SMILES string of the molecule is c1oc(C2CC2)nc1C12CNCC1C2. The second-order valence-electron chi connectivity index (χ2n) is 5.03. The van der Waals surface area contributed by atoms with Crippen LogP contribution in [0, 0.1) is 5.92 Å². The molecule has 2 unspecified atom stereocenters. The van der Waals surface area contributed by atoms with E-state index in [9.17, 15) is 0 Å². The zero-order chi connectivity index (χ0) is 9.17. The van der Waals surface area contributed by atoms with Crippen molar-refractivity contribution in [3.8, 4) is 0 Å². The van der Waals surface area contributed by atoms with Crippen LogP contribution in [0.5, 0.6) is 0 Å². The first kappa shape index (κ1) is 7.46. The Morgan fingerprint density at radius 2 is 2.43 bits per heavy atom. The Morgan fingerprint density at radius 3 is 3.07 bits per heavy atom. The van der Waals surface area contributed by atoms with Gasteiger partial charge in [0, 0.05) is 17.9 Å². The van der Waals surface area contributed by atoms with Crippen LogP contribution in [-0.2, 0) is 5.41 Å². The van der Waals surface area contributed by atoms with Crippen LogP contribution in [0.15, 0.2) is 10.7 Å². The number of oxazole rings is 1. The molecule has 74 valence electrons. The molecule has 2 aliphatic carbocycles. The highest BCUT2D eigenvalue weighted by Crippen LogP contribution is 2.56. The lowest BCUT2D eigenvalue weighted by atomic mass is 10.0. The zero-order valence-corrected chi connectivity index (χ0v) is 8.12. The van der Waals surface area contributed by atoms with Crippen LogP contribution in [0.3, 0.4) is 0 Å². The maximum atomic E-state index is 5.55. The van der Waals surface area contributed by atoms with Gasteiger partial charge in [-0.2, -0.15) is 0 Å². The minimum atomic E-state index is 0.372. The predicted octanol–water partition coefficient (Wildman–Crippen LogP) is 1.41. The van der Waals surface area contributed by atoms with Crippen molar-refractivity contribution in [2.24, 2.45) is 5.92 Å². The Labute approximate surface area is 82.9 Å². The van der Waals surface area contributed by atoms with Crippen molar-refractivity contribution in [3.63, 3.8) is 0 Å². The normalized spacial score (nSPS) is 39.9. The molecule has 2 saturated carbocycles. The average Bonchev–Trinajstić information content (AvgIpc) is 3.09. The van der Waals surface area contributed by atoms with Crippen LogP contribution >= 0.6 is 0 Å². The van der Waals surface area contributed by atoms with Gasteiger partial charge < -0.3 is 9.73 Å². The first-order valence-corrected chi connectivity index (χ1v) is 5.55. The van der Waals surface area contributed by atoms with Crippen LogP contribution in [0.1, 0.15) is 36.8 Å². The summed E-state index contributed by atoms with van der Waals surface area (Å²) in [5.41, 5.74) is 1.59. The third-order valence-corrected chi connectivity index (χ3v) is 4.02. The van der Waals surface area contributed by atoms with Gasteiger partial charge in [0.05, 0.1) is 5.69 Å². The molecule has 1 aromatic heterocycles. The van der Waals surface area contributed by atoms with Crippen molar-refractivity contribution in [2.45, 2.75) is 30.6 Å². The van der Waals surface area contributed by atoms with Gasteiger partial charge in [-0.05, 0) is 31.7 Å². The van der Waals surface area contributed by atoms with Crippen molar-refractivity contribution in [2.75, 3.05) is 13.1 Å². The molecule has 1 aromatic rings. The molecule has 0 aromatic carbocycles. The molecule has 0 amide bonds. The van der Waals surface area contributed by atoms with Crippen molar-refractivity contribution in [3.05, 3.63) is 17.8 Å². The molecule has 1 N–H and O–H groups in total. The quantitative estimate of drug-likeness (QED) is 0.766. The second-order valence-corrected chi connectivity index (χ2v) is 5.03. The number of piperidine rings is 1. The van der Waals surface area contributed by atoms with E-state index in [4.69, 9.17) is 4.42 Å². The van der Waals surface area contributed by atoms with Gasteiger partial charge >= 0.3 is 0 Å². The van der Waals surface area contributed by atoms with Gasteiger partial charge in [-0.1, -0.05) is 0 Å². The number of hydrogen-bond donors (Lipinski definition) is 1. The number of fused-ring (bicyclic) bond motifs is 1. The fourth-order valence-electron chi connectivity index (χ4n) is 2.77. The molecule has 3 nitrogen and oxygen atoms in total. The summed E-state index contributed by atoms with van der Waals surface area (Å²) in [6.45, 7) is 2.28. The van der Waals surface area contributed by atoms with Gasteiger partial charge in [-0.15, -0.1) is 0 Å². The molecule has 2 heterocycles. The standard InChI is InChI=1S/C11H14N2O/c1-2-7(1)10-13-9(5-14-10)11-3-8(11)4-12-6-11/h5,7-8,12H,1-4,6H2. The Bertz CT molecular complexity index is 382. The van der Waals surface area contributed by atoms with Crippen molar-refractivity contribution in [1.82, 2.24) is 10.3 Å². The lowest BCUT2D eigenvalue weighted by Crippen LogP contribution is -2.19. The van der Waals surface area contributed by atoms with Crippen LogP contribution < -0.4 is 5.32 Å². The highest BCUT2D eigenvalue weighted by molar-refractivity contribution is 5.30. The largest absolute Gasteiger partial charge is 0.448 e. The fourth-order valence-corrected chi connectivity index (χ4v) is 2.77. The number of rotatable bonds is 2. The van der Waals surface area contributed by atoms with E-state index in [1.54, 1.807) is 0 Å². The molecule has 1 aliphatic heterocycles. The van der Waals surface area contributed by atoms with E-state index in [0.29, 0.717) is 11.3 Å². The number of hydrogen-bond acceptors (Lipinski definition) is 3. The summed E-state index contributed by atoms with van der Waals surface area (Å²) in [5.74, 6) is 2.47. The van der Waals surface area contributed by atoms with Gasteiger partial charge in [0.2, 0.25) is 0 Å². The monoisotopic (exact) mass is 190 g/mol. The Morgan fingerprint density at radius 1 is 1.50 bits per heavy atom. The third kappa shape index (κ3) is 0.836. The molecule has 0 bridgehead atoms. The maximum Gasteiger partial charge on any atom is 0.197 e. The minimum absolute atomic E-state index is 0.372. The Balaban J connectivity index is 1.69. The number of nitrogens with one attached hydrogen (secondary N) is 1. The highest BCUT2D eigenvalue weighted by Gasteiger charge is 2.60. The topological polar surface area (TPSA) is 38.1 Å². The van der Waals surface area contributed by atoms with Gasteiger partial charge in [0.1, 0.15) is 6.26 Å². The molecule has 0 spiro atoms. The number of nitrogens with zero attached hydrogens (tertiary/aromatic N) is 1. The van der Waals surface area contributed by atoms with Crippen LogP contribution in [0.2, 0.25) is 0 Å². The summed E-state index contributed by atoms with van der Waals surface area (Å²) in [7, 11) is 0. The van der Waals surface area contributed by atoms with Crippen molar-refractivity contribution < 1.29 is 4.42 Å². The fraction of sp³-hybridized carbons (Fsp3) is 0.727. The lowest BCUT2D eigenvalue weighted by molar-refractivity contribution is 0.496. The molecule has 3 aliphatic rings. The summed E-state index contributed by atoms with van der Waals surface area (Å²) in [5, 5.41) is 3.43. The predicted molar refractivity (Wildman–Crippen MR) is 51.1 cm³/mol. The molecule has 3 fully saturated rings. The lowest BCUT2D eigenvalue weighted by Gasteiger charge is -2.05. The first-order valence-electron chi connectivity index (χ1n) is 5.55. The van der Waals surface area contributed by atoms with Gasteiger partial charge in [0.25, 0.3) is 0 Å². The molecule has 0 radical (unpaired) electrons. The van der Waals surface area contributed by atoms with Crippen molar-refractivity contribution >= 4 is 0 Å². The summed E-state index contributed by atoms with van der Waals surface area (Å²) in [6, 6.07) is 0. The summed E-state index contributed by atoms with van der Waals surface area (Å²) >= 11 is 0. The van der Waals surface area contributed by atoms with E-state index in [1.807, 2.05) is 6.26 Å². The summed E-state index contributed by atoms with van der Waals surface area (Å²) in [4.78, 5) is 4.66. The second kappa shape index (κ2) is 2.22. The third-order valence-electron chi connectivity index (χ3n) is 4.02. The van der Waals surface area contributed by atoms with E-state index in [-0.39, 0.29) is 0 Å². The molecule has 2 atom stereocenters. The first-order chi connectivity index (χ1) is 6.88. The Kier molecular flexibility index (Phi) is 1.18. The maximum absolute atomic E-state index is 5.55. The average molecular weight is 190 g/mol. The van der Waals surface area contributed by atoms with Gasteiger partial charge in [0.15, 0.2) is 5.89 Å². The smallest absolute Gasteiger partial charge is 0.197 e. The van der Waals surface area contributed by atoms with Crippen LogP contribution in [0.25, 0.3) is 0 Å². The van der Waals surface area contributed by atoms with Crippen LogP contribution in [0.4, 0.5) is 0 Å². The van der Waals surface area contributed by atoms with E-state index in [0.717, 1.165) is 18.4 Å². The molecule has 14 heavy (non-hydrogen) atoms. The minimum Gasteiger partial charge on any atom is -0.448 e. The van der Waals surface area contributed by atoms with Gasteiger partial charge in [-0.25, -0.2) is 4.98 Å². The van der Waals surface area contributed by atoms with Crippen LogP contribution in [-0.4, -0.2) is 18.1 Å². The molecular formula is C11H14N2O. The van der Waals surface area contributed by atoms with E-state index in [2.05, 4.69) is 10.3 Å².